The molecule has 0 unspecified atom stereocenters. The molecule has 2 aromatic rings. The van der Waals surface area contributed by atoms with E-state index in [1.54, 1.807) is 0 Å². The summed E-state index contributed by atoms with van der Waals surface area (Å²) in [6.45, 7) is 3.26. The van der Waals surface area contributed by atoms with E-state index in [1.807, 2.05) is 59.5 Å². The highest BCUT2D eigenvalue weighted by Crippen LogP contribution is 2.31. The molecule has 2 heterocycles. The van der Waals surface area contributed by atoms with Crippen molar-refractivity contribution >= 4 is 11.7 Å². The van der Waals surface area contributed by atoms with E-state index in [0.717, 1.165) is 36.6 Å². The van der Waals surface area contributed by atoms with Gasteiger partial charge in [-0.3, -0.25) is 0 Å². The molecule has 2 aromatic carbocycles. The number of amides is 2. The van der Waals surface area contributed by atoms with Crippen LogP contribution in [-0.4, -0.2) is 43.0 Å². The third-order valence-electron chi connectivity index (χ3n) is 5.19. The van der Waals surface area contributed by atoms with Gasteiger partial charge in [-0.25, -0.2) is 4.79 Å². The molecule has 0 radical (unpaired) electrons. The number of hydrogen-bond donors (Lipinski definition) is 1. The van der Waals surface area contributed by atoms with Gasteiger partial charge in [0.2, 0.25) is 0 Å². The summed E-state index contributed by atoms with van der Waals surface area (Å²) in [5.74, 6) is 0.292. The fraction of sp³-hybridized carbons (Fsp3) is 0.409. The number of hydrogen-bond acceptors (Lipinski definition) is 4. The second-order valence-electron chi connectivity index (χ2n) is 7.18. The molecular weight excluding hydrogens is 356 g/mol. The van der Waals surface area contributed by atoms with E-state index in [2.05, 4.69) is 5.32 Å². The topological polar surface area (TPSA) is 60.0 Å². The molecule has 28 heavy (non-hydrogen) atoms. The van der Waals surface area contributed by atoms with Gasteiger partial charge in [-0.1, -0.05) is 30.3 Å². The van der Waals surface area contributed by atoms with Gasteiger partial charge >= 0.3 is 6.03 Å². The molecular formula is C22H26N2O4. The molecule has 148 valence electrons. The minimum Gasteiger partial charge on any atom is -0.489 e. The third-order valence-corrected chi connectivity index (χ3v) is 5.19. The first-order valence-corrected chi connectivity index (χ1v) is 9.83. The molecule has 0 atom stereocenters. The minimum absolute atomic E-state index is 0.0939. The SMILES string of the molecule is O=C(Nc1ccc(OCc2ccccc2)cc1)N1CCC2(CC1)OCCCO2. The second-order valence-corrected chi connectivity index (χ2v) is 7.18. The summed E-state index contributed by atoms with van der Waals surface area (Å²) in [5.41, 5.74) is 1.87. The van der Waals surface area contributed by atoms with Crippen LogP contribution in [0.5, 0.6) is 5.75 Å². The number of carbonyl (C=O) groups is 1. The third kappa shape index (κ3) is 4.64. The monoisotopic (exact) mass is 382 g/mol. The summed E-state index contributed by atoms with van der Waals surface area (Å²) in [6.07, 6.45) is 2.37. The number of rotatable bonds is 4. The van der Waals surface area contributed by atoms with Crippen molar-refractivity contribution in [3.8, 4) is 5.75 Å². The number of anilines is 1. The Morgan fingerprint density at radius 1 is 1.00 bits per heavy atom. The van der Waals surface area contributed by atoms with Crippen molar-refractivity contribution in [3.63, 3.8) is 0 Å². The van der Waals surface area contributed by atoms with Gasteiger partial charge in [0.05, 0.1) is 13.2 Å². The Hall–Kier alpha value is -2.57. The first-order chi connectivity index (χ1) is 13.7. The lowest BCUT2D eigenvalue weighted by atomic mass is 10.0. The summed E-state index contributed by atoms with van der Waals surface area (Å²) < 4.78 is 17.4. The fourth-order valence-electron chi connectivity index (χ4n) is 3.53. The molecule has 6 nitrogen and oxygen atoms in total. The van der Waals surface area contributed by atoms with Crippen molar-refractivity contribution in [2.75, 3.05) is 31.6 Å². The Bertz CT molecular complexity index is 763. The Labute approximate surface area is 165 Å². The Morgan fingerprint density at radius 3 is 2.36 bits per heavy atom. The van der Waals surface area contributed by atoms with Gasteiger partial charge in [0.1, 0.15) is 12.4 Å². The lowest BCUT2D eigenvalue weighted by Crippen LogP contribution is -2.52. The Morgan fingerprint density at radius 2 is 1.68 bits per heavy atom. The Balaban J connectivity index is 1.25. The van der Waals surface area contributed by atoms with Gasteiger partial charge in [-0.05, 0) is 36.2 Å². The highest BCUT2D eigenvalue weighted by molar-refractivity contribution is 5.89. The summed E-state index contributed by atoms with van der Waals surface area (Å²) in [6, 6.07) is 17.4. The van der Waals surface area contributed by atoms with E-state index in [9.17, 15) is 4.79 Å². The highest BCUT2D eigenvalue weighted by Gasteiger charge is 2.39. The van der Waals surface area contributed by atoms with Crippen LogP contribution < -0.4 is 10.1 Å². The average Bonchev–Trinajstić information content (AvgIpc) is 2.75. The van der Waals surface area contributed by atoms with Crippen LogP contribution in [0.4, 0.5) is 10.5 Å². The van der Waals surface area contributed by atoms with Gasteiger partial charge in [0, 0.05) is 31.6 Å². The summed E-state index contributed by atoms with van der Waals surface area (Å²) in [7, 11) is 0. The number of nitrogens with zero attached hydrogens (tertiary/aromatic N) is 1. The standard InChI is InChI=1S/C22H26N2O4/c25-21(24-13-11-22(12-14-24)27-15-4-16-28-22)23-19-7-9-20(10-8-19)26-17-18-5-2-1-3-6-18/h1-3,5-10H,4,11-17H2,(H,23,25). The number of likely N-dealkylation sites (tertiary alicyclic amines) is 1. The molecule has 0 bridgehead atoms. The largest absolute Gasteiger partial charge is 0.489 e. The van der Waals surface area contributed by atoms with E-state index in [1.165, 1.54) is 0 Å². The number of urea groups is 1. The van der Waals surface area contributed by atoms with Crippen LogP contribution in [0.1, 0.15) is 24.8 Å². The van der Waals surface area contributed by atoms with E-state index in [4.69, 9.17) is 14.2 Å². The second kappa shape index (κ2) is 8.63. The molecule has 1 N–H and O–H groups in total. The molecule has 1 spiro atoms. The van der Waals surface area contributed by atoms with Crippen LogP contribution in [0.3, 0.4) is 0 Å². The first-order valence-electron chi connectivity index (χ1n) is 9.83. The fourth-order valence-corrected chi connectivity index (χ4v) is 3.53. The maximum Gasteiger partial charge on any atom is 0.321 e. The van der Waals surface area contributed by atoms with Crippen molar-refractivity contribution in [3.05, 3.63) is 60.2 Å². The predicted octanol–water partition coefficient (Wildman–Crippen LogP) is 4.03. The molecule has 2 amide bonds. The molecule has 2 saturated heterocycles. The van der Waals surface area contributed by atoms with Crippen LogP contribution >= 0.6 is 0 Å². The molecule has 0 aliphatic carbocycles. The van der Waals surface area contributed by atoms with Crippen molar-refractivity contribution < 1.29 is 19.0 Å². The quantitative estimate of drug-likeness (QED) is 0.867. The first kappa shape index (κ1) is 18.8. The van der Waals surface area contributed by atoms with Crippen molar-refractivity contribution in [1.29, 1.82) is 0 Å². The number of benzene rings is 2. The maximum atomic E-state index is 12.5. The van der Waals surface area contributed by atoms with Gasteiger partial charge in [-0.2, -0.15) is 0 Å². The van der Waals surface area contributed by atoms with E-state index in [0.29, 0.717) is 32.5 Å². The van der Waals surface area contributed by atoms with E-state index < -0.39 is 5.79 Å². The molecule has 0 aromatic heterocycles. The average molecular weight is 382 g/mol. The van der Waals surface area contributed by atoms with Crippen LogP contribution in [-0.2, 0) is 16.1 Å². The van der Waals surface area contributed by atoms with Crippen molar-refractivity contribution in [2.45, 2.75) is 31.7 Å². The smallest absolute Gasteiger partial charge is 0.321 e. The van der Waals surface area contributed by atoms with Crippen LogP contribution in [0.25, 0.3) is 0 Å². The number of nitrogens with one attached hydrogen (secondary N) is 1. The molecule has 4 rings (SSSR count). The van der Waals surface area contributed by atoms with Crippen LogP contribution in [0, 0.1) is 0 Å². The highest BCUT2D eigenvalue weighted by atomic mass is 16.7. The van der Waals surface area contributed by atoms with Crippen molar-refractivity contribution in [2.24, 2.45) is 0 Å². The summed E-state index contributed by atoms with van der Waals surface area (Å²) in [4.78, 5) is 14.3. The lowest BCUT2D eigenvalue weighted by Gasteiger charge is -2.43. The van der Waals surface area contributed by atoms with Gasteiger partial charge in [0.25, 0.3) is 0 Å². The van der Waals surface area contributed by atoms with Gasteiger partial charge < -0.3 is 24.4 Å². The Kier molecular flexibility index (Phi) is 5.78. The summed E-state index contributed by atoms with van der Waals surface area (Å²) >= 11 is 0. The number of piperidine rings is 1. The lowest BCUT2D eigenvalue weighted by molar-refractivity contribution is -0.281. The van der Waals surface area contributed by atoms with Crippen molar-refractivity contribution in [1.82, 2.24) is 4.90 Å². The molecule has 2 fully saturated rings. The predicted molar refractivity (Wildman–Crippen MR) is 106 cm³/mol. The number of carbonyl (C=O) groups excluding carboxylic acids is 1. The molecule has 2 aliphatic heterocycles. The molecule has 6 heteroatoms. The zero-order valence-electron chi connectivity index (χ0n) is 15.9. The zero-order chi connectivity index (χ0) is 19.2. The van der Waals surface area contributed by atoms with Gasteiger partial charge in [-0.15, -0.1) is 0 Å². The van der Waals surface area contributed by atoms with E-state index >= 15 is 0 Å². The van der Waals surface area contributed by atoms with Crippen LogP contribution in [0.2, 0.25) is 0 Å². The van der Waals surface area contributed by atoms with Crippen LogP contribution in [0.15, 0.2) is 54.6 Å². The van der Waals surface area contributed by atoms with Gasteiger partial charge in [0.15, 0.2) is 5.79 Å². The molecule has 0 saturated carbocycles. The normalized spacial score (nSPS) is 18.6. The minimum atomic E-state index is -0.479. The maximum absolute atomic E-state index is 12.5. The summed E-state index contributed by atoms with van der Waals surface area (Å²) in [5, 5.41) is 2.95. The molecule has 2 aliphatic rings. The number of ether oxygens (including phenoxy) is 3. The zero-order valence-corrected chi connectivity index (χ0v) is 15.9. The van der Waals surface area contributed by atoms with E-state index in [-0.39, 0.29) is 6.03 Å².